The van der Waals surface area contributed by atoms with Gasteiger partial charge in [-0.3, -0.25) is 0 Å². The Hall–Kier alpha value is -1.39. The smallest absolute Gasteiger partial charge is 0.165 e. The number of halogens is 2. The molecule has 1 N–H and O–H groups in total. The third kappa shape index (κ3) is 3.58. The molecule has 0 bridgehead atoms. The van der Waals surface area contributed by atoms with Crippen LogP contribution in [0, 0.1) is 5.82 Å². The van der Waals surface area contributed by atoms with Crippen molar-refractivity contribution < 1.29 is 9.13 Å². The summed E-state index contributed by atoms with van der Waals surface area (Å²) >= 11 is 3.32. The number of benzene rings is 2. The Morgan fingerprint density at radius 1 is 1.20 bits per heavy atom. The van der Waals surface area contributed by atoms with Gasteiger partial charge in [-0.25, -0.2) is 4.39 Å². The van der Waals surface area contributed by atoms with Crippen LogP contribution in [0.4, 0.5) is 4.39 Å². The zero-order chi connectivity index (χ0) is 13.9. The SMILES string of the molecule is Fc1ccc(Br)cc1Oc1cccc(CNC2CC2)c1. The lowest BCUT2D eigenvalue weighted by Crippen LogP contribution is -2.15. The molecule has 0 spiro atoms. The van der Waals surface area contributed by atoms with E-state index >= 15 is 0 Å². The van der Waals surface area contributed by atoms with Crippen LogP contribution in [0.25, 0.3) is 0 Å². The van der Waals surface area contributed by atoms with Gasteiger partial charge in [-0.1, -0.05) is 28.1 Å². The fourth-order valence-electron chi connectivity index (χ4n) is 1.95. The number of hydrogen-bond acceptors (Lipinski definition) is 2. The molecule has 20 heavy (non-hydrogen) atoms. The zero-order valence-corrected chi connectivity index (χ0v) is 12.5. The van der Waals surface area contributed by atoms with E-state index in [1.165, 1.54) is 18.9 Å². The first-order chi connectivity index (χ1) is 9.70. The van der Waals surface area contributed by atoms with E-state index in [4.69, 9.17) is 4.74 Å². The van der Waals surface area contributed by atoms with Crippen molar-refractivity contribution in [3.8, 4) is 11.5 Å². The van der Waals surface area contributed by atoms with Crippen LogP contribution in [0.15, 0.2) is 46.9 Å². The highest BCUT2D eigenvalue weighted by Gasteiger charge is 2.19. The van der Waals surface area contributed by atoms with E-state index in [2.05, 4.69) is 21.2 Å². The largest absolute Gasteiger partial charge is 0.454 e. The Morgan fingerprint density at radius 3 is 2.85 bits per heavy atom. The summed E-state index contributed by atoms with van der Waals surface area (Å²) in [6, 6.07) is 13.1. The summed E-state index contributed by atoms with van der Waals surface area (Å²) < 4.78 is 20.1. The summed E-state index contributed by atoms with van der Waals surface area (Å²) in [6.45, 7) is 0.822. The zero-order valence-electron chi connectivity index (χ0n) is 10.9. The summed E-state index contributed by atoms with van der Waals surface area (Å²) in [4.78, 5) is 0. The van der Waals surface area contributed by atoms with Crippen LogP contribution in [0.5, 0.6) is 11.5 Å². The first-order valence-electron chi connectivity index (χ1n) is 6.66. The van der Waals surface area contributed by atoms with Crippen LogP contribution in [0.2, 0.25) is 0 Å². The van der Waals surface area contributed by atoms with Crippen molar-refractivity contribution >= 4 is 15.9 Å². The minimum Gasteiger partial charge on any atom is -0.454 e. The molecular weight excluding hydrogens is 321 g/mol. The molecule has 2 aromatic carbocycles. The molecule has 1 aliphatic rings. The van der Waals surface area contributed by atoms with Gasteiger partial charge in [0, 0.05) is 17.1 Å². The van der Waals surface area contributed by atoms with Crippen molar-refractivity contribution in [1.82, 2.24) is 5.32 Å². The van der Waals surface area contributed by atoms with Crippen LogP contribution in [-0.4, -0.2) is 6.04 Å². The normalized spacial score (nSPS) is 14.3. The van der Waals surface area contributed by atoms with Gasteiger partial charge < -0.3 is 10.1 Å². The van der Waals surface area contributed by atoms with Crippen molar-refractivity contribution in [3.63, 3.8) is 0 Å². The van der Waals surface area contributed by atoms with E-state index in [0.29, 0.717) is 11.8 Å². The summed E-state index contributed by atoms with van der Waals surface area (Å²) in [5, 5.41) is 3.45. The number of rotatable bonds is 5. The Kier molecular flexibility index (Phi) is 4.03. The van der Waals surface area contributed by atoms with Crippen LogP contribution in [0.3, 0.4) is 0 Å². The molecular formula is C16H15BrFNO. The van der Waals surface area contributed by atoms with Gasteiger partial charge in [-0.05, 0) is 48.7 Å². The van der Waals surface area contributed by atoms with Crippen LogP contribution in [0.1, 0.15) is 18.4 Å². The fourth-order valence-corrected chi connectivity index (χ4v) is 2.29. The molecule has 3 rings (SSSR count). The highest BCUT2D eigenvalue weighted by molar-refractivity contribution is 9.10. The molecule has 4 heteroatoms. The van der Waals surface area contributed by atoms with E-state index < -0.39 is 0 Å². The van der Waals surface area contributed by atoms with Crippen molar-refractivity contribution in [2.45, 2.75) is 25.4 Å². The highest BCUT2D eigenvalue weighted by Crippen LogP contribution is 2.28. The molecule has 0 radical (unpaired) electrons. The molecule has 0 amide bonds. The molecule has 0 heterocycles. The molecule has 0 atom stereocenters. The Morgan fingerprint density at radius 2 is 2.05 bits per heavy atom. The molecule has 0 aromatic heterocycles. The predicted molar refractivity (Wildman–Crippen MR) is 80.5 cm³/mol. The summed E-state index contributed by atoms with van der Waals surface area (Å²) in [5.74, 6) is 0.512. The molecule has 1 fully saturated rings. The third-order valence-electron chi connectivity index (χ3n) is 3.19. The second kappa shape index (κ2) is 5.94. The van der Waals surface area contributed by atoms with Crippen molar-refractivity contribution in [1.29, 1.82) is 0 Å². The van der Waals surface area contributed by atoms with Crippen LogP contribution < -0.4 is 10.1 Å². The van der Waals surface area contributed by atoms with Gasteiger partial charge in [0.2, 0.25) is 0 Å². The predicted octanol–water partition coefficient (Wildman–Crippen LogP) is 4.63. The maximum atomic E-state index is 13.7. The fraction of sp³-hybridized carbons (Fsp3) is 0.250. The minimum absolute atomic E-state index is 0.228. The molecule has 104 valence electrons. The number of nitrogens with one attached hydrogen (secondary N) is 1. The molecule has 2 nitrogen and oxygen atoms in total. The van der Waals surface area contributed by atoms with Gasteiger partial charge in [0.1, 0.15) is 5.75 Å². The van der Waals surface area contributed by atoms with E-state index in [1.807, 2.05) is 24.3 Å². The second-order valence-corrected chi connectivity index (χ2v) is 5.90. The van der Waals surface area contributed by atoms with Gasteiger partial charge in [-0.15, -0.1) is 0 Å². The molecule has 1 saturated carbocycles. The maximum absolute atomic E-state index is 13.7. The Balaban J connectivity index is 1.72. The first kappa shape index (κ1) is 13.6. The first-order valence-corrected chi connectivity index (χ1v) is 7.45. The van der Waals surface area contributed by atoms with Crippen LogP contribution in [-0.2, 0) is 6.54 Å². The number of ether oxygens (including phenoxy) is 1. The van der Waals surface area contributed by atoms with Gasteiger partial charge in [0.05, 0.1) is 0 Å². The average molecular weight is 336 g/mol. The standard InChI is InChI=1S/C16H15BrFNO/c17-12-4-7-15(18)16(9-12)20-14-3-1-2-11(8-14)10-19-13-5-6-13/h1-4,7-9,13,19H,5-6,10H2. The van der Waals surface area contributed by atoms with E-state index in [0.717, 1.165) is 16.6 Å². The molecule has 0 saturated heterocycles. The average Bonchev–Trinajstić information content (AvgIpc) is 3.25. The van der Waals surface area contributed by atoms with E-state index in [1.54, 1.807) is 12.1 Å². The molecule has 0 unspecified atom stereocenters. The topological polar surface area (TPSA) is 21.3 Å². The minimum atomic E-state index is -0.366. The van der Waals surface area contributed by atoms with Gasteiger partial charge in [-0.2, -0.15) is 0 Å². The van der Waals surface area contributed by atoms with E-state index in [9.17, 15) is 4.39 Å². The third-order valence-corrected chi connectivity index (χ3v) is 3.68. The van der Waals surface area contributed by atoms with Gasteiger partial charge in [0.25, 0.3) is 0 Å². The summed E-state index contributed by atoms with van der Waals surface area (Å²) in [6.07, 6.45) is 2.53. The van der Waals surface area contributed by atoms with Crippen LogP contribution >= 0.6 is 15.9 Å². The maximum Gasteiger partial charge on any atom is 0.165 e. The lowest BCUT2D eigenvalue weighted by atomic mass is 10.2. The van der Waals surface area contributed by atoms with Gasteiger partial charge in [0.15, 0.2) is 11.6 Å². The lowest BCUT2D eigenvalue weighted by molar-refractivity contribution is 0.441. The lowest BCUT2D eigenvalue weighted by Gasteiger charge is -2.09. The molecule has 2 aromatic rings. The Bertz CT molecular complexity index is 613. The quantitative estimate of drug-likeness (QED) is 0.859. The summed E-state index contributed by atoms with van der Waals surface area (Å²) in [5.41, 5.74) is 1.14. The van der Waals surface area contributed by atoms with Gasteiger partial charge >= 0.3 is 0 Å². The van der Waals surface area contributed by atoms with E-state index in [-0.39, 0.29) is 11.6 Å². The monoisotopic (exact) mass is 335 g/mol. The summed E-state index contributed by atoms with van der Waals surface area (Å²) in [7, 11) is 0. The highest BCUT2D eigenvalue weighted by atomic mass is 79.9. The Labute approximate surface area is 126 Å². The molecule has 0 aliphatic heterocycles. The van der Waals surface area contributed by atoms with Crippen molar-refractivity contribution in [2.24, 2.45) is 0 Å². The van der Waals surface area contributed by atoms with Crippen molar-refractivity contribution in [2.75, 3.05) is 0 Å². The number of hydrogen-bond donors (Lipinski definition) is 1. The molecule has 1 aliphatic carbocycles. The second-order valence-electron chi connectivity index (χ2n) is 4.98. The van der Waals surface area contributed by atoms with Crippen molar-refractivity contribution in [3.05, 3.63) is 58.3 Å².